The summed E-state index contributed by atoms with van der Waals surface area (Å²) in [6.07, 6.45) is 2.61. The van der Waals surface area contributed by atoms with Crippen LogP contribution in [0.25, 0.3) is 10.4 Å². The van der Waals surface area contributed by atoms with E-state index in [1.165, 1.54) is 9.75 Å². The molecule has 0 unspecified atom stereocenters. The lowest BCUT2D eigenvalue weighted by molar-refractivity contribution is -0.151. The first-order valence-electron chi connectivity index (χ1n) is 15.4. The molecule has 43 heavy (non-hydrogen) atoms. The Labute approximate surface area is 259 Å². The Kier molecular flexibility index (Phi) is 10.2. The summed E-state index contributed by atoms with van der Waals surface area (Å²) in [5.41, 5.74) is 10.8. The van der Waals surface area contributed by atoms with Crippen LogP contribution in [0.4, 0.5) is 5.69 Å². The van der Waals surface area contributed by atoms with Crippen LogP contribution in [0, 0.1) is 12.8 Å². The molecule has 1 aromatic heterocycles. The first-order chi connectivity index (χ1) is 20.7. The molecule has 6 N–H and O–H groups in total. The largest absolute Gasteiger partial charge is 0.461 e. The van der Waals surface area contributed by atoms with Crippen LogP contribution in [-0.4, -0.2) is 49.2 Å². The zero-order valence-electron chi connectivity index (χ0n) is 25.6. The lowest BCUT2D eigenvalue weighted by Gasteiger charge is -2.29. The summed E-state index contributed by atoms with van der Waals surface area (Å²) in [5.74, 6) is -0.289. The fraction of sp³-hybridized carbons (Fsp3) is 0.471. The fourth-order valence-electron chi connectivity index (χ4n) is 5.52. The third-order valence-corrected chi connectivity index (χ3v) is 9.67. The van der Waals surface area contributed by atoms with Crippen molar-refractivity contribution in [1.29, 1.82) is 0 Å². The van der Waals surface area contributed by atoms with E-state index >= 15 is 0 Å². The number of ether oxygens (including phenoxy) is 1. The number of aryl methyl sites for hydroxylation is 1. The molecule has 9 heteroatoms. The average molecular weight is 604 g/mol. The second kappa shape index (κ2) is 14.0. The summed E-state index contributed by atoms with van der Waals surface area (Å²) >= 11 is 1.77. The smallest absolute Gasteiger partial charge is 0.323 e. The molecule has 3 aromatic rings. The molecule has 1 saturated heterocycles. The number of anilines is 1. The van der Waals surface area contributed by atoms with Crippen molar-refractivity contribution in [2.24, 2.45) is 11.7 Å². The minimum atomic E-state index is -0.562. The Morgan fingerprint density at radius 2 is 1.86 bits per heavy atom. The maximum atomic E-state index is 13.3. The molecule has 1 saturated carbocycles. The normalized spacial score (nSPS) is 20.0. The van der Waals surface area contributed by atoms with Gasteiger partial charge < -0.3 is 31.7 Å². The summed E-state index contributed by atoms with van der Waals surface area (Å²) in [6, 6.07) is 18.8. The number of esters is 1. The van der Waals surface area contributed by atoms with Crippen LogP contribution in [0.3, 0.4) is 0 Å². The van der Waals surface area contributed by atoms with Gasteiger partial charge in [0.25, 0.3) is 5.91 Å². The number of amides is 1. The van der Waals surface area contributed by atoms with Gasteiger partial charge in [-0.05, 0) is 86.1 Å². The van der Waals surface area contributed by atoms with Gasteiger partial charge in [0.15, 0.2) is 0 Å². The number of hydrogen-bond acceptors (Lipinski definition) is 8. The average Bonchev–Trinajstić information content (AvgIpc) is 3.63. The van der Waals surface area contributed by atoms with E-state index < -0.39 is 6.04 Å². The van der Waals surface area contributed by atoms with E-state index in [2.05, 4.69) is 57.7 Å². The van der Waals surface area contributed by atoms with Crippen molar-refractivity contribution in [2.45, 2.75) is 83.8 Å². The van der Waals surface area contributed by atoms with Crippen LogP contribution >= 0.6 is 11.3 Å². The Bertz CT molecular complexity index is 1420. The predicted molar refractivity (Wildman–Crippen MR) is 174 cm³/mol. The number of nitrogens with one attached hydrogen (secondary N) is 4. The summed E-state index contributed by atoms with van der Waals surface area (Å²) in [6.45, 7) is 10.5. The zero-order valence-corrected chi connectivity index (χ0v) is 26.4. The van der Waals surface area contributed by atoms with Crippen LogP contribution in [-0.2, 0) is 16.1 Å². The summed E-state index contributed by atoms with van der Waals surface area (Å²) in [5, 5.41) is 13.6. The molecule has 0 radical (unpaired) electrons. The van der Waals surface area contributed by atoms with E-state index in [0.29, 0.717) is 17.6 Å². The van der Waals surface area contributed by atoms with Gasteiger partial charge >= 0.3 is 5.97 Å². The van der Waals surface area contributed by atoms with E-state index in [-0.39, 0.29) is 29.9 Å². The van der Waals surface area contributed by atoms with E-state index in [4.69, 9.17) is 10.5 Å². The minimum absolute atomic E-state index is 0.0617. The SMILES string of the molecule is Cc1ccc(NC2CNC2)cc1C(=O)N[C@H](C)c1cccc(-c2ccc(CN[C@H]3CC[C@@H](OC(=O)[C@@H](N)C(C)C)C3)s2)c1. The van der Waals surface area contributed by atoms with Crippen LogP contribution in [0.15, 0.2) is 54.6 Å². The summed E-state index contributed by atoms with van der Waals surface area (Å²) in [4.78, 5) is 27.9. The van der Waals surface area contributed by atoms with Gasteiger partial charge in [-0.15, -0.1) is 11.3 Å². The van der Waals surface area contributed by atoms with Gasteiger partial charge in [-0.3, -0.25) is 9.59 Å². The molecule has 5 rings (SSSR count). The Balaban J connectivity index is 1.14. The maximum Gasteiger partial charge on any atom is 0.323 e. The maximum absolute atomic E-state index is 13.3. The molecule has 1 amide bonds. The highest BCUT2D eigenvalue weighted by molar-refractivity contribution is 7.15. The Morgan fingerprint density at radius 3 is 2.60 bits per heavy atom. The van der Waals surface area contributed by atoms with E-state index in [0.717, 1.165) is 61.3 Å². The Hall–Kier alpha value is -3.24. The van der Waals surface area contributed by atoms with Gasteiger partial charge in [0, 0.05) is 46.7 Å². The molecule has 0 bridgehead atoms. The predicted octanol–water partition coefficient (Wildman–Crippen LogP) is 5.14. The molecule has 230 valence electrons. The lowest BCUT2D eigenvalue weighted by Crippen LogP contribution is -2.51. The molecule has 2 fully saturated rings. The van der Waals surface area contributed by atoms with Gasteiger partial charge in [-0.2, -0.15) is 0 Å². The van der Waals surface area contributed by atoms with Crippen LogP contribution < -0.4 is 27.0 Å². The summed E-state index contributed by atoms with van der Waals surface area (Å²) in [7, 11) is 0. The second-order valence-electron chi connectivity index (χ2n) is 12.3. The van der Waals surface area contributed by atoms with E-state index in [9.17, 15) is 9.59 Å². The molecule has 2 aromatic carbocycles. The molecule has 1 aliphatic heterocycles. The van der Waals surface area contributed by atoms with Crippen molar-refractivity contribution < 1.29 is 14.3 Å². The van der Waals surface area contributed by atoms with Crippen molar-refractivity contribution in [3.63, 3.8) is 0 Å². The molecular weight excluding hydrogens is 558 g/mol. The molecule has 0 spiro atoms. The number of benzene rings is 2. The number of carbonyl (C=O) groups excluding carboxylic acids is 2. The summed E-state index contributed by atoms with van der Waals surface area (Å²) < 4.78 is 5.66. The number of thiophene rings is 1. The van der Waals surface area contributed by atoms with Crippen molar-refractivity contribution in [1.82, 2.24) is 16.0 Å². The second-order valence-corrected chi connectivity index (χ2v) is 13.5. The van der Waals surface area contributed by atoms with Gasteiger partial charge in [0.2, 0.25) is 0 Å². The minimum Gasteiger partial charge on any atom is -0.461 e. The van der Waals surface area contributed by atoms with Gasteiger partial charge in [0.05, 0.1) is 12.1 Å². The molecule has 2 aliphatic rings. The molecule has 8 nitrogen and oxygen atoms in total. The quantitative estimate of drug-likeness (QED) is 0.182. The van der Waals surface area contributed by atoms with Crippen LogP contribution in [0.1, 0.15) is 72.4 Å². The Morgan fingerprint density at radius 1 is 1.05 bits per heavy atom. The standard InChI is InChI=1S/C34H45N5O3S/c1-20(2)32(35)34(41)42-28-11-10-25(15-28)37-19-29-12-13-31(43-29)24-7-5-6-23(14-24)22(4)38-33(40)30-16-26(9-8-21(30)3)39-27-17-36-18-27/h5-9,12-14,16,20,22,25,27-28,32,36-37,39H,10-11,15,17-19,35H2,1-4H3,(H,38,40)/t22-,25+,28-,32+/m1/s1. The number of hydrogen-bond donors (Lipinski definition) is 5. The van der Waals surface area contributed by atoms with Crippen LogP contribution in [0.5, 0.6) is 0 Å². The van der Waals surface area contributed by atoms with Crippen LogP contribution in [0.2, 0.25) is 0 Å². The fourth-order valence-corrected chi connectivity index (χ4v) is 6.48. The molecular formula is C34H45N5O3S. The van der Waals surface area contributed by atoms with Gasteiger partial charge in [-0.1, -0.05) is 38.1 Å². The first-order valence-corrected chi connectivity index (χ1v) is 16.2. The highest BCUT2D eigenvalue weighted by Gasteiger charge is 2.30. The van der Waals surface area contributed by atoms with Crippen molar-refractivity contribution in [3.05, 3.63) is 76.2 Å². The van der Waals surface area contributed by atoms with E-state index in [1.807, 2.05) is 45.9 Å². The lowest BCUT2D eigenvalue weighted by atomic mass is 10.0. The van der Waals surface area contributed by atoms with Gasteiger partial charge in [0.1, 0.15) is 12.1 Å². The van der Waals surface area contributed by atoms with Crippen molar-refractivity contribution in [2.75, 3.05) is 18.4 Å². The number of nitrogens with two attached hydrogens (primary N) is 1. The third-order valence-electron chi connectivity index (χ3n) is 8.54. The highest BCUT2D eigenvalue weighted by Crippen LogP contribution is 2.31. The highest BCUT2D eigenvalue weighted by atomic mass is 32.1. The number of carbonyl (C=O) groups is 2. The van der Waals surface area contributed by atoms with Crippen molar-refractivity contribution >= 4 is 28.9 Å². The monoisotopic (exact) mass is 603 g/mol. The molecule has 4 atom stereocenters. The molecule has 2 heterocycles. The van der Waals surface area contributed by atoms with Gasteiger partial charge in [-0.25, -0.2) is 0 Å². The third kappa shape index (κ3) is 8.03. The first kappa shape index (κ1) is 31.2. The molecule has 1 aliphatic carbocycles. The zero-order chi connectivity index (χ0) is 30.5. The van der Waals surface area contributed by atoms with Crippen molar-refractivity contribution in [3.8, 4) is 10.4 Å². The van der Waals surface area contributed by atoms with E-state index in [1.54, 1.807) is 11.3 Å². The topological polar surface area (TPSA) is 118 Å². The number of rotatable bonds is 12.